The van der Waals surface area contributed by atoms with Gasteiger partial charge in [-0.15, -0.1) is 0 Å². The summed E-state index contributed by atoms with van der Waals surface area (Å²) in [4.78, 5) is 0. The minimum atomic E-state index is 0. The lowest BCUT2D eigenvalue weighted by Gasteiger charge is -2.22. The van der Waals surface area contributed by atoms with Gasteiger partial charge in [-0.05, 0) is 17.8 Å². The summed E-state index contributed by atoms with van der Waals surface area (Å²) in [6, 6.07) is 0. The molecule has 0 nitrogen and oxygen atoms in total. The van der Waals surface area contributed by atoms with E-state index in [4.69, 9.17) is 0 Å². The van der Waals surface area contributed by atoms with Crippen LogP contribution in [-0.2, 0) is 0 Å². The number of hydrogen-bond acceptors (Lipinski definition) is 0. The molecule has 0 aliphatic heterocycles. The molecule has 0 aromatic carbocycles. The summed E-state index contributed by atoms with van der Waals surface area (Å²) in [7, 11) is 0. The normalized spacial score (nSPS) is 13.6. The first-order valence-electron chi connectivity index (χ1n) is 17.7. The molecular formula is C40H104. The molecule has 0 spiro atoms. The van der Waals surface area contributed by atoms with E-state index in [1.54, 1.807) is 0 Å². The van der Waals surface area contributed by atoms with E-state index in [1.807, 2.05) is 111 Å². The van der Waals surface area contributed by atoms with Crippen molar-refractivity contribution in [1.82, 2.24) is 0 Å². The van der Waals surface area contributed by atoms with Gasteiger partial charge >= 0.3 is 0 Å². The van der Waals surface area contributed by atoms with E-state index in [9.17, 15) is 0 Å². The molecule has 4 rings (SSSR count). The van der Waals surface area contributed by atoms with Gasteiger partial charge in [-0.25, -0.2) is 0 Å². The Balaban J connectivity index is -0.0000000219. The molecule has 4 aliphatic rings. The Labute approximate surface area is 268 Å². The molecule has 0 bridgehead atoms. The molecule has 40 heavy (non-hydrogen) atoms. The molecule has 4 aliphatic carbocycles. The van der Waals surface area contributed by atoms with Gasteiger partial charge in [-0.2, -0.15) is 0 Å². The van der Waals surface area contributed by atoms with Gasteiger partial charge in [-0.1, -0.05) is 251 Å². The summed E-state index contributed by atoms with van der Waals surface area (Å²) < 4.78 is 0. The van der Waals surface area contributed by atoms with E-state index in [1.165, 1.54) is 89.9 Å². The fourth-order valence-electron chi connectivity index (χ4n) is 2.38. The summed E-state index contributed by atoms with van der Waals surface area (Å²) in [6.45, 7) is 38.9. The van der Waals surface area contributed by atoms with Gasteiger partial charge in [0.2, 0.25) is 0 Å². The van der Waals surface area contributed by atoms with Crippen LogP contribution in [0.3, 0.4) is 0 Å². The standard InChI is InChI=1S/C6H12.2C5H10.C4H8.8C2H6.4CH4/c1-2-6-4-3-5-6;2*1-5-3-2-4-5;1-2-4-3-1;8*1-2;;;;/h6H,2-5H2,1H3;2*5H,2-4H2,1H3;1-4H2;8*1-2H3;4*1H4. The molecular weight excluding hydrogens is 480 g/mol. The van der Waals surface area contributed by atoms with Crippen LogP contribution in [0.5, 0.6) is 0 Å². The molecule has 0 saturated heterocycles. The van der Waals surface area contributed by atoms with Crippen molar-refractivity contribution < 1.29 is 0 Å². The van der Waals surface area contributed by atoms with Crippen LogP contribution in [0, 0.1) is 17.8 Å². The molecule has 0 heterocycles. The Morgan fingerprint density at radius 2 is 0.475 bits per heavy atom. The van der Waals surface area contributed by atoms with Crippen LogP contribution in [0.4, 0.5) is 0 Å². The average Bonchev–Trinajstić information content (AvgIpc) is 2.90. The van der Waals surface area contributed by atoms with Gasteiger partial charge in [0, 0.05) is 0 Å². The van der Waals surface area contributed by atoms with Crippen molar-refractivity contribution in [3.8, 4) is 0 Å². The Hall–Kier alpha value is 0. The van der Waals surface area contributed by atoms with Crippen molar-refractivity contribution in [2.45, 2.75) is 251 Å². The van der Waals surface area contributed by atoms with E-state index in [2.05, 4.69) is 20.8 Å². The number of hydrogen-bond donors (Lipinski definition) is 0. The van der Waals surface area contributed by atoms with Gasteiger partial charge < -0.3 is 0 Å². The second kappa shape index (κ2) is 106. The van der Waals surface area contributed by atoms with Crippen LogP contribution in [-0.4, -0.2) is 0 Å². The summed E-state index contributed by atoms with van der Waals surface area (Å²) >= 11 is 0. The lowest BCUT2D eigenvalue weighted by Crippen LogP contribution is -2.08. The van der Waals surface area contributed by atoms with Crippen LogP contribution in [0.2, 0.25) is 0 Å². The summed E-state index contributed by atoms with van der Waals surface area (Å²) in [6.07, 6.45) is 20.9. The fourth-order valence-corrected chi connectivity index (χ4v) is 2.38. The second-order valence-corrected chi connectivity index (χ2v) is 7.69. The predicted molar refractivity (Wildman–Crippen MR) is 210 cm³/mol. The van der Waals surface area contributed by atoms with Crippen molar-refractivity contribution in [3.63, 3.8) is 0 Å². The summed E-state index contributed by atoms with van der Waals surface area (Å²) in [5.41, 5.74) is 0. The van der Waals surface area contributed by atoms with E-state index in [0.717, 1.165) is 17.8 Å². The summed E-state index contributed by atoms with van der Waals surface area (Å²) in [5.74, 6) is 3.25. The average molecular weight is 585 g/mol. The molecule has 0 unspecified atom stereocenters. The van der Waals surface area contributed by atoms with E-state index in [0.29, 0.717) is 0 Å². The van der Waals surface area contributed by atoms with Crippen molar-refractivity contribution in [2.75, 3.05) is 0 Å². The third-order valence-electron chi connectivity index (χ3n) is 5.59. The Morgan fingerprint density at radius 3 is 0.475 bits per heavy atom. The molecule has 0 aromatic heterocycles. The maximum atomic E-state index is 2.31. The largest absolute Gasteiger partial charge is 0.0776 e. The highest BCUT2D eigenvalue weighted by atomic mass is 14.2. The van der Waals surface area contributed by atoms with Crippen LogP contribution >= 0.6 is 0 Å². The maximum absolute atomic E-state index is 2.31. The molecule has 0 amide bonds. The van der Waals surface area contributed by atoms with Gasteiger partial charge in [-0.3, -0.25) is 0 Å². The lowest BCUT2D eigenvalue weighted by molar-refractivity contribution is 0.307. The molecule has 4 saturated carbocycles. The Kier molecular flexibility index (Phi) is 207. The zero-order valence-corrected chi connectivity index (χ0v) is 30.6. The lowest BCUT2D eigenvalue weighted by atomic mass is 9.84. The highest BCUT2D eigenvalue weighted by Crippen LogP contribution is 2.28. The van der Waals surface area contributed by atoms with Crippen molar-refractivity contribution >= 4 is 0 Å². The minimum Gasteiger partial charge on any atom is -0.0776 e. The first kappa shape index (κ1) is 77.6. The second-order valence-electron chi connectivity index (χ2n) is 7.69. The van der Waals surface area contributed by atoms with Crippen LogP contribution in [0.15, 0.2) is 0 Å². The molecule has 4 fully saturated rings. The zero-order chi connectivity index (χ0) is 30.6. The minimum absolute atomic E-state index is 0. The maximum Gasteiger partial charge on any atom is -0.0417 e. The first-order valence-corrected chi connectivity index (χ1v) is 17.7. The zero-order valence-electron chi connectivity index (χ0n) is 30.6. The van der Waals surface area contributed by atoms with Crippen LogP contribution in [0.25, 0.3) is 0 Å². The molecule has 0 heteroatoms. The Bertz CT molecular complexity index is 173. The first-order chi connectivity index (χ1) is 17.7. The third-order valence-corrected chi connectivity index (χ3v) is 5.59. The highest BCUT2D eigenvalue weighted by Gasteiger charge is 2.13. The Morgan fingerprint density at radius 1 is 0.325 bits per heavy atom. The van der Waals surface area contributed by atoms with Crippen molar-refractivity contribution in [1.29, 1.82) is 0 Å². The van der Waals surface area contributed by atoms with Crippen molar-refractivity contribution in [2.24, 2.45) is 17.8 Å². The van der Waals surface area contributed by atoms with E-state index < -0.39 is 0 Å². The fraction of sp³-hybridized carbons (Fsp3) is 1.00. The smallest absolute Gasteiger partial charge is 0.0417 e. The molecule has 0 aromatic rings. The SMILES string of the molecule is C.C.C.C.C1CCC1.CC.CC.CC.CC.CC.CC.CC.CC.CC1CCC1.CC1CCC1.CCC1CCC1. The van der Waals surface area contributed by atoms with Crippen molar-refractivity contribution in [3.05, 3.63) is 0 Å². The molecule has 0 N–H and O–H groups in total. The highest BCUT2D eigenvalue weighted by molar-refractivity contribution is 4.66. The quantitative estimate of drug-likeness (QED) is 0.287. The van der Waals surface area contributed by atoms with Gasteiger partial charge in [0.15, 0.2) is 0 Å². The van der Waals surface area contributed by atoms with Gasteiger partial charge in [0.25, 0.3) is 0 Å². The molecule has 264 valence electrons. The number of rotatable bonds is 1. The third kappa shape index (κ3) is 90.3. The van der Waals surface area contributed by atoms with Gasteiger partial charge in [0.05, 0.1) is 0 Å². The van der Waals surface area contributed by atoms with E-state index in [-0.39, 0.29) is 29.7 Å². The van der Waals surface area contributed by atoms with E-state index >= 15 is 0 Å². The van der Waals surface area contributed by atoms with Crippen LogP contribution in [0.1, 0.15) is 251 Å². The molecule has 0 radical (unpaired) electrons. The summed E-state index contributed by atoms with van der Waals surface area (Å²) in [5, 5.41) is 0. The monoisotopic (exact) mass is 585 g/mol. The topological polar surface area (TPSA) is 0 Å². The predicted octanol–water partition coefficient (Wildman–Crippen LogP) is 18.1. The van der Waals surface area contributed by atoms with Gasteiger partial charge in [0.1, 0.15) is 0 Å². The molecule has 0 atom stereocenters. The van der Waals surface area contributed by atoms with Crippen LogP contribution < -0.4 is 0 Å².